The van der Waals surface area contributed by atoms with Gasteiger partial charge in [0, 0.05) is 94.4 Å². The number of carbonyl (C=O) groups is 1. The topological polar surface area (TPSA) is 182 Å². The molecule has 0 radical (unpaired) electrons. The van der Waals surface area contributed by atoms with Gasteiger partial charge in [0.25, 0.3) is 6.47 Å². The number of methoxy groups -OCH3 is 2. The van der Waals surface area contributed by atoms with Gasteiger partial charge < -0.3 is 41.1 Å². The molecule has 17 nitrogen and oxygen atoms in total. The number of nitro benzene ring substituents is 2. The summed E-state index contributed by atoms with van der Waals surface area (Å²) in [5.74, 6) is -0.237. The van der Waals surface area contributed by atoms with Crippen LogP contribution in [0.2, 0.25) is 0 Å². The van der Waals surface area contributed by atoms with Gasteiger partial charge >= 0.3 is 114 Å². The van der Waals surface area contributed by atoms with Crippen molar-refractivity contribution in [2.45, 2.75) is 51.6 Å². The van der Waals surface area contributed by atoms with Gasteiger partial charge in [-0.1, -0.05) is 0 Å². The Morgan fingerprint density at radius 1 is 0.763 bits per heavy atom. The van der Waals surface area contributed by atoms with Crippen LogP contribution in [0.4, 0.5) is 25.8 Å². The van der Waals surface area contributed by atoms with Gasteiger partial charge in [0.1, 0.15) is 5.82 Å². The molecule has 4 saturated heterocycles. The van der Waals surface area contributed by atoms with Gasteiger partial charge in [-0.3, -0.25) is 39.2 Å². The molecule has 21 heteroatoms. The van der Waals surface area contributed by atoms with E-state index in [9.17, 15) is 29.0 Å². The molecule has 4 heterocycles. The zero-order valence-corrected chi connectivity index (χ0v) is 42.4. The van der Waals surface area contributed by atoms with E-state index in [-0.39, 0.29) is 138 Å². The molecule has 6 rings (SSSR count). The van der Waals surface area contributed by atoms with Crippen molar-refractivity contribution in [3.8, 4) is 11.5 Å². The largest absolute Gasteiger partial charge is 1.00 e. The Labute approximate surface area is 435 Å². The molecule has 0 bridgehead atoms. The summed E-state index contributed by atoms with van der Waals surface area (Å²) in [6.07, 6.45) is 5.24. The molecule has 0 atom stereocenters. The minimum atomic E-state index is -1.00. The molecule has 1 N–H and O–H groups in total. The second-order valence-corrected chi connectivity index (χ2v) is 14.2. The van der Waals surface area contributed by atoms with E-state index >= 15 is 0 Å². The predicted octanol–water partition coefficient (Wildman–Crippen LogP) is -2.69. The number of alkyl halides is 1. The second-order valence-electron chi connectivity index (χ2n) is 14.2. The zero-order valence-electron chi connectivity index (χ0n) is 38.1. The maximum Gasteiger partial charge on any atom is 1.00 e. The number of nitrogens with zero attached hydrogens (tertiary/aromatic N) is 7. The minimum absolute atomic E-state index is 0. The molecular formula is C38H62F2K2N8O9. The number of hydrogen-bond acceptors (Lipinski definition) is 15. The van der Waals surface area contributed by atoms with Crippen molar-refractivity contribution in [3.05, 3.63) is 61.4 Å². The van der Waals surface area contributed by atoms with Crippen LogP contribution in [0.3, 0.4) is 0 Å². The Kier molecular flexibility index (Phi) is 30.2. The first-order chi connectivity index (χ1) is 27.7. The van der Waals surface area contributed by atoms with E-state index < -0.39 is 17.9 Å². The Morgan fingerprint density at radius 3 is 1.54 bits per heavy atom. The van der Waals surface area contributed by atoms with Gasteiger partial charge in [0.2, 0.25) is 0 Å². The van der Waals surface area contributed by atoms with Crippen molar-refractivity contribution >= 4 is 23.5 Å². The third-order valence-corrected chi connectivity index (χ3v) is 10.6. The number of nitro groups is 2. The van der Waals surface area contributed by atoms with Crippen LogP contribution in [0.1, 0.15) is 39.6 Å². The molecule has 0 aliphatic carbocycles. The van der Waals surface area contributed by atoms with Gasteiger partial charge in [-0.2, -0.15) is 0 Å². The zero-order chi connectivity index (χ0) is 43.2. The summed E-state index contributed by atoms with van der Waals surface area (Å²) in [6, 6.07) is 7.17. The van der Waals surface area contributed by atoms with E-state index in [1.54, 1.807) is 6.07 Å². The minimum Gasteiger partial charge on any atom is -1.00 e. The summed E-state index contributed by atoms with van der Waals surface area (Å²) in [5.41, 5.74) is 2.02. The van der Waals surface area contributed by atoms with E-state index in [1.165, 1.54) is 99.2 Å². The van der Waals surface area contributed by atoms with Crippen molar-refractivity contribution in [2.24, 2.45) is 0 Å². The van der Waals surface area contributed by atoms with Crippen LogP contribution in [-0.2, 0) is 9.68 Å². The predicted molar refractivity (Wildman–Crippen MR) is 213 cm³/mol. The third-order valence-electron chi connectivity index (χ3n) is 10.6. The first-order valence-corrected chi connectivity index (χ1v) is 18.9. The second kappa shape index (κ2) is 31.8. The van der Waals surface area contributed by atoms with Crippen LogP contribution in [0.25, 0.3) is 0 Å². The number of rotatable bonds is 8. The van der Waals surface area contributed by atoms with Gasteiger partial charge in [-0.05, 0) is 90.9 Å². The summed E-state index contributed by atoms with van der Waals surface area (Å²) < 4.78 is 38.3. The smallest absolute Gasteiger partial charge is 1.00 e. The maximum absolute atomic E-state index is 12.9. The van der Waals surface area contributed by atoms with Crippen molar-refractivity contribution in [1.82, 2.24) is 24.9 Å². The standard InChI is InChI=1S/C18H28N4O3.C10H21N3.C8H8FNO3.CH3F.CH2O3.2K.H/c1-14-12-17(22(23)24)18(25-3)13-16(14)21-10-8-20(9-11-21)15-4-6-19(2)7-5-15;1-12-6-2-10(3-7-12)13-8-4-11-5-9-13;1-5-3-7(10(11)12)8(13-2)4-6(5)9;1-2;2-1-4-3;;;/h12-13,15H,4-11H2,1-3H3;10-11H,2-9H2,1H3;3-4H,1-2H3;1H3;1,3H;;;/q;;;;;2*+1;-1/p-1/i;;;1D;;;;. The molecule has 4 fully saturated rings. The normalized spacial score (nSPS) is 18.1. The number of hydrogen-bond donors (Lipinski definition) is 1. The van der Waals surface area contributed by atoms with Crippen LogP contribution in [0.15, 0.2) is 24.3 Å². The van der Waals surface area contributed by atoms with Crippen LogP contribution < -0.4 is 128 Å². The number of carbonyl (C=O) groups excluding carboxylic acids is 1. The molecule has 0 unspecified atom stereocenters. The molecule has 0 spiro atoms. The monoisotopic (exact) mass is 891 g/mol. The summed E-state index contributed by atoms with van der Waals surface area (Å²) in [4.78, 5) is 44.3. The Bertz CT molecular complexity index is 1560. The van der Waals surface area contributed by atoms with Crippen LogP contribution in [0, 0.1) is 39.9 Å². The Hall–Kier alpha value is -0.997. The van der Waals surface area contributed by atoms with E-state index in [0.29, 0.717) is 11.8 Å². The van der Waals surface area contributed by atoms with Crippen molar-refractivity contribution in [3.63, 3.8) is 0 Å². The fourth-order valence-corrected chi connectivity index (χ4v) is 7.36. The number of nitrogens with one attached hydrogen (secondary N) is 1. The number of halogens is 2. The third kappa shape index (κ3) is 19.5. The fourth-order valence-electron chi connectivity index (χ4n) is 7.36. The van der Waals surface area contributed by atoms with Crippen LogP contribution >= 0.6 is 0 Å². The maximum atomic E-state index is 12.9. The van der Waals surface area contributed by atoms with E-state index in [1.807, 2.05) is 13.0 Å². The Morgan fingerprint density at radius 2 is 1.15 bits per heavy atom. The van der Waals surface area contributed by atoms with Gasteiger partial charge in [0.05, 0.1) is 32.6 Å². The van der Waals surface area contributed by atoms with Crippen molar-refractivity contribution < 1.29 is 149 Å². The van der Waals surface area contributed by atoms with Crippen LogP contribution in [0.5, 0.6) is 11.5 Å². The van der Waals surface area contributed by atoms with Gasteiger partial charge in [-0.15, -0.1) is 0 Å². The van der Waals surface area contributed by atoms with Crippen molar-refractivity contribution in [1.29, 1.82) is 0 Å². The molecule has 4 aliphatic rings. The first-order valence-electron chi connectivity index (χ1n) is 19.6. The number of anilines is 1. The summed E-state index contributed by atoms with van der Waals surface area (Å²) in [5, 5.41) is 33.5. The molecular weight excluding hydrogens is 829 g/mol. The number of benzene rings is 2. The van der Waals surface area contributed by atoms with Gasteiger partial charge in [0.15, 0.2) is 11.5 Å². The molecule has 2 aromatic rings. The molecule has 4 aliphatic heterocycles. The molecule has 0 amide bonds. The first kappa shape index (κ1) is 56.0. The molecule has 324 valence electrons. The number of piperidine rings is 2. The fraction of sp³-hybridized carbons (Fsp3) is 0.658. The molecule has 0 saturated carbocycles. The molecule has 2 aromatic carbocycles. The summed E-state index contributed by atoms with van der Waals surface area (Å²) in [6.45, 7) is 17.0. The Balaban J connectivity index is 0. The average molecular weight is 892 g/mol. The number of piperazine rings is 2. The molecule has 0 aromatic heterocycles. The van der Waals surface area contributed by atoms with Gasteiger partial charge in [-0.25, -0.2) is 4.39 Å². The quantitative estimate of drug-likeness (QED) is 0.0951. The number of aryl methyl sites for hydroxylation is 2. The van der Waals surface area contributed by atoms with E-state index in [2.05, 4.69) is 53.5 Å². The number of ether oxygens (including phenoxy) is 2. The van der Waals surface area contributed by atoms with E-state index in [4.69, 9.17) is 16.2 Å². The number of likely N-dealkylation sites (tertiary alicyclic amines) is 2. The average Bonchev–Trinajstić information content (AvgIpc) is 3.23. The SMILES string of the molecule is CN1CCC(N2CCNCC2)CC1.COc1cc(F)c(C)cc1[N+](=O)[O-].COc1cc(N2CCN(C3CCN(C)CC3)CC2)c(C)cc1[N+](=O)[O-].O=CO[O-].[2H]CF.[H-].[K+].[K+]. The summed E-state index contributed by atoms with van der Waals surface area (Å²) >= 11 is 0. The molecule has 59 heavy (non-hydrogen) atoms. The van der Waals surface area contributed by atoms with Crippen molar-refractivity contribution in [2.75, 3.05) is 119 Å². The van der Waals surface area contributed by atoms with Crippen LogP contribution in [-0.4, -0.2) is 162 Å². The summed E-state index contributed by atoms with van der Waals surface area (Å²) in [7, 11) is 6.17. The van der Waals surface area contributed by atoms with E-state index in [0.717, 1.165) is 55.6 Å².